The first-order chi connectivity index (χ1) is 24.1. The molecule has 7 aromatic carbocycles. The zero-order valence-electron chi connectivity index (χ0n) is 26.6. The summed E-state index contributed by atoms with van der Waals surface area (Å²) in [5.74, 6) is -4.44. The number of hydrogen-bond acceptors (Lipinski definition) is 7. The van der Waals surface area contributed by atoms with E-state index in [-0.39, 0.29) is 43.6 Å². The van der Waals surface area contributed by atoms with Gasteiger partial charge in [-0.25, -0.2) is 0 Å². The molecule has 0 aliphatic carbocycles. The monoisotopic (exact) mass is 652 g/mol. The minimum Gasteiger partial charge on any atom is -0.508 e. The van der Waals surface area contributed by atoms with E-state index >= 15 is 0 Å². The summed E-state index contributed by atoms with van der Waals surface area (Å²) in [6.07, 6.45) is 7.73. The average molecular weight is 652 g/mol. The van der Waals surface area contributed by atoms with Gasteiger partial charge in [-0.05, 0) is 64.7 Å². The summed E-state index contributed by atoms with van der Waals surface area (Å²) < 4.78 is 6.19. The molecule has 0 bridgehead atoms. The largest absolute Gasteiger partial charge is 0.508 e. The van der Waals surface area contributed by atoms with Gasteiger partial charge in [0.2, 0.25) is 11.5 Å². The minimum absolute atomic E-state index is 0.00137. The number of fused-ring (bicyclic) bond motifs is 6. The van der Waals surface area contributed by atoms with Crippen molar-refractivity contribution in [3.8, 4) is 56.8 Å². The van der Waals surface area contributed by atoms with Gasteiger partial charge in [0.05, 0.1) is 0 Å². The molecule has 9 heteroatoms. The molecule has 0 saturated carbocycles. The Balaban J connectivity index is 1.55. The van der Waals surface area contributed by atoms with Gasteiger partial charge in [0.15, 0.2) is 11.5 Å². The molecule has 1 aromatic heterocycles. The topological polar surface area (TPSA) is 135 Å². The van der Waals surface area contributed by atoms with Crippen molar-refractivity contribution in [3.05, 3.63) is 103 Å². The fraction of sp³-hybridized carbons (Fsp3) is 0.0244. The van der Waals surface area contributed by atoms with Crippen LogP contribution in [0.5, 0.6) is 34.5 Å². The summed E-state index contributed by atoms with van der Waals surface area (Å²) in [6, 6.07) is 23.9. The predicted molar refractivity (Wildman–Crippen MR) is 202 cm³/mol. The van der Waals surface area contributed by atoms with Gasteiger partial charge < -0.3 is 35.1 Å². The highest BCUT2D eigenvalue weighted by Crippen LogP contribution is 2.58. The zero-order valence-corrected chi connectivity index (χ0v) is 26.6. The van der Waals surface area contributed by atoms with E-state index in [1.165, 1.54) is 0 Å². The molecule has 1 heterocycles. The highest BCUT2D eigenvalue weighted by molar-refractivity contribution is 6.53. The minimum atomic E-state index is -0.972. The maximum absolute atomic E-state index is 11.8. The van der Waals surface area contributed by atoms with Crippen LogP contribution in [0.15, 0.2) is 102 Å². The van der Waals surface area contributed by atoms with Gasteiger partial charge in [0.1, 0.15) is 38.4 Å². The second-order valence-electron chi connectivity index (χ2n) is 12.2. The van der Waals surface area contributed by atoms with Crippen molar-refractivity contribution >= 4 is 87.0 Å². The van der Waals surface area contributed by atoms with Gasteiger partial charge in [-0.3, -0.25) is 0 Å². The molecule has 0 spiro atoms. The number of phenols is 6. The molecular formula is C41H26B2O7. The van der Waals surface area contributed by atoms with Crippen LogP contribution in [0.25, 0.3) is 82.6 Å². The summed E-state index contributed by atoms with van der Waals surface area (Å²) in [4.78, 5) is 0. The Morgan fingerprint density at radius 3 is 1.74 bits per heavy atom. The second-order valence-corrected chi connectivity index (χ2v) is 12.2. The summed E-state index contributed by atoms with van der Waals surface area (Å²) >= 11 is 0. The number of furan rings is 1. The SMILES string of the molecule is [B]c1c([B])c(O)c2c(-c3ccc4oc5cc(/C=C\C=C/C)ccc5c4c3)c3c(O)c(O)c(O)c(O)c3c(-c3ccc4ccccc4c3)c2c1O. The molecule has 7 nitrogen and oxygen atoms in total. The standard InChI is InChI=1S/C41H26B2O7/c1-2-3-4-7-19-10-14-24-25-18-23(13-15-26(25)50-27(24)16-19)29-31-30(36(44)34(42)35(43)37(31)45)28(22-12-11-20-8-5-6-9-21(20)17-22)32-33(29)39(47)41(49)40(48)38(32)46/h2-18,44-49H,1H3/b3-2-,7-4-. The fourth-order valence-electron chi connectivity index (χ4n) is 6.94. The number of hydrogen-bond donors (Lipinski definition) is 6. The predicted octanol–water partition coefficient (Wildman–Crippen LogP) is 7.79. The molecule has 0 aliphatic heterocycles. The molecule has 0 atom stereocenters. The fourth-order valence-corrected chi connectivity index (χ4v) is 6.94. The maximum Gasteiger partial charge on any atom is 0.204 e. The first kappa shape index (κ1) is 30.8. The van der Waals surface area contributed by atoms with Crippen LogP contribution in [-0.2, 0) is 0 Å². The van der Waals surface area contributed by atoms with Crippen molar-refractivity contribution in [2.75, 3.05) is 0 Å². The van der Waals surface area contributed by atoms with Crippen molar-refractivity contribution in [1.29, 1.82) is 0 Å². The van der Waals surface area contributed by atoms with Gasteiger partial charge in [0, 0.05) is 43.4 Å². The highest BCUT2D eigenvalue weighted by atomic mass is 16.3. The first-order valence-corrected chi connectivity index (χ1v) is 15.7. The molecule has 8 rings (SSSR count). The van der Waals surface area contributed by atoms with Crippen molar-refractivity contribution in [2.45, 2.75) is 6.92 Å². The van der Waals surface area contributed by atoms with Gasteiger partial charge >= 0.3 is 0 Å². The van der Waals surface area contributed by atoms with Crippen LogP contribution >= 0.6 is 0 Å². The number of phenolic OH excluding ortho intramolecular Hbond substituents is 6. The molecule has 0 aliphatic rings. The van der Waals surface area contributed by atoms with Crippen LogP contribution < -0.4 is 10.9 Å². The van der Waals surface area contributed by atoms with E-state index in [1.54, 1.807) is 30.3 Å². The van der Waals surface area contributed by atoms with Gasteiger partial charge in [-0.1, -0.05) is 83.8 Å². The first-order valence-electron chi connectivity index (χ1n) is 15.7. The summed E-state index contributed by atoms with van der Waals surface area (Å²) in [5, 5.41) is 71.4. The highest BCUT2D eigenvalue weighted by Gasteiger charge is 2.31. The molecule has 0 saturated heterocycles. The maximum atomic E-state index is 11.8. The van der Waals surface area contributed by atoms with Crippen LogP contribution in [0.3, 0.4) is 0 Å². The van der Waals surface area contributed by atoms with Crippen molar-refractivity contribution < 1.29 is 35.1 Å². The zero-order chi connectivity index (χ0) is 35.0. The molecule has 8 aromatic rings. The Bertz CT molecular complexity index is 2730. The molecular weight excluding hydrogens is 626 g/mol. The Morgan fingerprint density at radius 2 is 1.10 bits per heavy atom. The van der Waals surface area contributed by atoms with Crippen LogP contribution in [0.1, 0.15) is 12.5 Å². The van der Waals surface area contributed by atoms with Crippen molar-refractivity contribution in [1.82, 2.24) is 0 Å². The lowest BCUT2D eigenvalue weighted by Crippen LogP contribution is -2.26. The van der Waals surface area contributed by atoms with E-state index in [0.29, 0.717) is 27.7 Å². The normalized spacial score (nSPS) is 12.2. The Kier molecular flexibility index (Phi) is 6.98. The van der Waals surface area contributed by atoms with E-state index in [9.17, 15) is 30.6 Å². The summed E-state index contributed by atoms with van der Waals surface area (Å²) in [6.45, 7) is 1.93. The van der Waals surface area contributed by atoms with E-state index in [4.69, 9.17) is 20.1 Å². The summed E-state index contributed by atoms with van der Waals surface area (Å²) in [7, 11) is 12.5. The van der Waals surface area contributed by atoms with Crippen LogP contribution in [0, 0.1) is 0 Å². The number of allylic oxidation sites excluding steroid dienone is 3. The van der Waals surface area contributed by atoms with Crippen LogP contribution in [0.4, 0.5) is 0 Å². The molecule has 4 radical (unpaired) electrons. The number of benzene rings is 7. The van der Waals surface area contributed by atoms with Gasteiger partial charge in [-0.2, -0.15) is 0 Å². The van der Waals surface area contributed by atoms with E-state index < -0.39 is 34.5 Å². The van der Waals surface area contributed by atoms with Crippen LogP contribution in [-0.4, -0.2) is 46.3 Å². The molecule has 0 unspecified atom stereocenters. The quantitative estimate of drug-likeness (QED) is 0.0376. The lowest BCUT2D eigenvalue weighted by atomic mass is 9.74. The third kappa shape index (κ3) is 4.40. The molecule has 50 heavy (non-hydrogen) atoms. The Morgan fingerprint density at radius 1 is 0.520 bits per heavy atom. The Hall–Kier alpha value is -6.47. The van der Waals surface area contributed by atoms with Crippen LogP contribution in [0.2, 0.25) is 0 Å². The molecule has 0 fully saturated rings. The Labute approximate surface area is 287 Å². The smallest absolute Gasteiger partial charge is 0.204 e. The summed E-state index contributed by atoms with van der Waals surface area (Å²) in [5.41, 5.74) is 2.58. The van der Waals surface area contributed by atoms with Gasteiger partial charge in [0.25, 0.3) is 0 Å². The lowest BCUT2D eigenvalue weighted by molar-refractivity contribution is 0.351. The van der Waals surface area contributed by atoms with E-state index in [0.717, 1.165) is 21.7 Å². The average Bonchev–Trinajstić information content (AvgIpc) is 3.50. The second kappa shape index (κ2) is 11.3. The van der Waals surface area contributed by atoms with E-state index in [1.807, 2.05) is 79.8 Å². The third-order valence-electron chi connectivity index (χ3n) is 9.33. The van der Waals surface area contributed by atoms with Crippen molar-refractivity contribution in [2.24, 2.45) is 0 Å². The number of aromatic hydroxyl groups is 6. The van der Waals surface area contributed by atoms with Gasteiger partial charge in [-0.15, -0.1) is 0 Å². The number of rotatable bonds is 4. The molecule has 0 amide bonds. The van der Waals surface area contributed by atoms with E-state index in [2.05, 4.69) is 0 Å². The molecule has 6 N–H and O–H groups in total. The van der Waals surface area contributed by atoms with Crippen molar-refractivity contribution in [3.63, 3.8) is 0 Å². The lowest BCUT2D eigenvalue weighted by Gasteiger charge is -2.24. The molecule has 238 valence electrons. The third-order valence-corrected chi connectivity index (χ3v) is 9.33.